The largest absolute Gasteiger partial charge is 0.497 e. The second-order valence-corrected chi connectivity index (χ2v) is 6.03. The van der Waals surface area contributed by atoms with Crippen molar-refractivity contribution in [2.45, 2.75) is 6.92 Å². The molecular formula is C22H20N2O3. The van der Waals surface area contributed by atoms with Crippen molar-refractivity contribution < 1.29 is 14.3 Å². The lowest BCUT2D eigenvalue weighted by atomic mass is 10.1. The molecule has 3 aromatic carbocycles. The molecule has 2 N–H and O–H groups in total. The molecule has 0 aliphatic carbocycles. The summed E-state index contributed by atoms with van der Waals surface area (Å²) in [7, 11) is 1.56. The van der Waals surface area contributed by atoms with Gasteiger partial charge in [-0.15, -0.1) is 0 Å². The van der Waals surface area contributed by atoms with Gasteiger partial charge in [0.2, 0.25) is 0 Å². The minimum atomic E-state index is -0.205. The van der Waals surface area contributed by atoms with Gasteiger partial charge < -0.3 is 15.4 Å². The predicted molar refractivity (Wildman–Crippen MR) is 107 cm³/mol. The number of nitrogens with one attached hydrogen (secondary N) is 2. The second-order valence-electron chi connectivity index (χ2n) is 6.03. The molecule has 3 rings (SSSR count). The fourth-order valence-electron chi connectivity index (χ4n) is 2.59. The topological polar surface area (TPSA) is 67.4 Å². The Hall–Kier alpha value is -3.60. The Morgan fingerprint density at radius 2 is 1.44 bits per heavy atom. The quantitative estimate of drug-likeness (QED) is 0.614. The van der Waals surface area contributed by atoms with Crippen molar-refractivity contribution in [2.24, 2.45) is 0 Å². The van der Waals surface area contributed by atoms with Crippen molar-refractivity contribution in [3.8, 4) is 5.75 Å². The Kier molecular flexibility index (Phi) is 5.52. The van der Waals surface area contributed by atoms with Gasteiger partial charge >= 0.3 is 0 Å². The summed E-state index contributed by atoms with van der Waals surface area (Å²) in [5, 5.41) is 6.10. The van der Waals surface area contributed by atoms with Gasteiger partial charge in [-0.25, -0.2) is 0 Å². The number of amides is 1. The van der Waals surface area contributed by atoms with Crippen molar-refractivity contribution in [3.63, 3.8) is 0 Å². The summed E-state index contributed by atoms with van der Waals surface area (Å²) in [4.78, 5) is 23.8. The van der Waals surface area contributed by atoms with E-state index < -0.39 is 0 Å². The number of ketones is 1. The molecule has 27 heavy (non-hydrogen) atoms. The van der Waals surface area contributed by atoms with Crippen LogP contribution in [0, 0.1) is 0 Å². The van der Waals surface area contributed by atoms with Crippen LogP contribution in [0.2, 0.25) is 0 Å². The normalized spacial score (nSPS) is 10.1. The molecule has 0 aliphatic rings. The first kappa shape index (κ1) is 18.2. The van der Waals surface area contributed by atoms with Crippen molar-refractivity contribution in [3.05, 3.63) is 83.9 Å². The number of rotatable bonds is 6. The van der Waals surface area contributed by atoms with E-state index >= 15 is 0 Å². The maximum Gasteiger partial charge on any atom is 0.255 e. The lowest BCUT2D eigenvalue weighted by molar-refractivity contribution is 0.101. The van der Waals surface area contributed by atoms with E-state index in [4.69, 9.17) is 4.74 Å². The molecule has 0 unspecified atom stereocenters. The number of hydrogen-bond acceptors (Lipinski definition) is 4. The van der Waals surface area contributed by atoms with Gasteiger partial charge in [-0.3, -0.25) is 9.59 Å². The molecule has 0 saturated heterocycles. The van der Waals surface area contributed by atoms with E-state index in [9.17, 15) is 9.59 Å². The molecule has 0 aromatic heterocycles. The maximum atomic E-state index is 12.3. The number of Topliss-reactive ketones (excluding diaryl/α,β-unsaturated/α-hetero) is 1. The molecule has 0 saturated carbocycles. The Bertz CT molecular complexity index is 965. The summed E-state index contributed by atoms with van der Waals surface area (Å²) in [6.07, 6.45) is 0. The van der Waals surface area contributed by atoms with Gasteiger partial charge in [0.05, 0.1) is 7.11 Å². The third kappa shape index (κ3) is 4.73. The van der Waals surface area contributed by atoms with E-state index in [2.05, 4.69) is 10.6 Å². The van der Waals surface area contributed by atoms with Gasteiger partial charge in [-0.2, -0.15) is 0 Å². The minimum absolute atomic E-state index is 0.0225. The van der Waals surface area contributed by atoms with Gasteiger partial charge in [-0.1, -0.05) is 18.2 Å². The van der Waals surface area contributed by atoms with Crippen LogP contribution >= 0.6 is 0 Å². The fraction of sp³-hybridized carbons (Fsp3) is 0.0909. The van der Waals surface area contributed by atoms with Crippen LogP contribution < -0.4 is 15.4 Å². The van der Waals surface area contributed by atoms with Crippen LogP contribution in [-0.2, 0) is 0 Å². The van der Waals surface area contributed by atoms with Crippen LogP contribution in [0.4, 0.5) is 17.1 Å². The van der Waals surface area contributed by atoms with Gasteiger partial charge in [0, 0.05) is 28.2 Å². The standard InChI is InChI=1S/C22H20N2O3/c1-15(25)16-5-3-7-20(13-16)23-18-9-11-19(12-10-18)24-22(26)17-6-4-8-21(14-17)27-2/h3-14,23H,1-2H3,(H,24,26). The maximum absolute atomic E-state index is 12.3. The molecule has 5 heteroatoms. The minimum Gasteiger partial charge on any atom is -0.497 e. The fourth-order valence-corrected chi connectivity index (χ4v) is 2.59. The molecule has 5 nitrogen and oxygen atoms in total. The summed E-state index contributed by atoms with van der Waals surface area (Å²) in [6.45, 7) is 1.54. The third-order valence-electron chi connectivity index (χ3n) is 4.03. The molecule has 3 aromatic rings. The zero-order valence-corrected chi connectivity index (χ0v) is 15.2. The highest BCUT2D eigenvalue weighted by molar-refractivity contribution is 6.04. The molecule has 0 spiro atoms. The summed E-state index contributed by atoms with van der Waals surface area (Å²) < 4.78 is 5.14. The number of carbonyl (C=O) groups excluding carboxylic acids is 2. The smallest absolute Gasteiger partial charge is 0.255 e. The molecule has 0 heterocycles. The number of anilines is 3. The summed E-state index contributed by atoms with van der Waals surface area (Å²) >= 11 is 0. The van der Waals surface area contributed by atoms with Crippen LogP contribution in [0.3, 0.4) is 0 Å². The Balaban J connectivity index is 1.67. The highest BCUT2D eigenvalue weighted by Crippen LogP contribution is 2.21. The van der Waals surface area contributed by atoms with E-state index in [0.717, 1.165) is 11.4 Å². The summed E-state index contributed by atoms with van der Waals surface area (Å²) in [5.41, 5.74) is 3.55. The zero-order valence-electron chi connectivity index (χ0n) is 15.2. The Morgan fingerprint density at radius 1 is 0.778 bits per heavy atom. The van der Waals surface area contributed by atoms with Gasteiger partial charge in [-0.05, 0) is 61.5 Å². The zero-order chi connectivity index (χ0) is 19.2. The molecule has 136 valence electrons. The second kappa shape index (κ2) is 8.19. The molecule has 0 bridgehead atoms. The first-order chi connectivity index (χ1) is 13.0. The van der Waals surface area contributed by atoms with Gasteiger partial charge in [0.1, 0.15) is 5.75 Å². The molecule has 0 aliphatic heterocycles. The number of benzene rings is 3. The highest BCUT2D eigenvalue weighted by atomic mass is 16.5. The van der Waals surface area contributed by atoms with Crippen LogP contribution in [0.25, 0.3) is 0 Å². The van der Waals surface area contributed by atoms with Crippen molar-refractivity contribution in [2.75, 3.05) is 17.7 Å². The molecule has 0 atom stereocenters. The highest BCUT2D eigenvalue weighted by Gasteiger charge is 2.07. The lowest BCUT2D eigenvalue weighted by Crippen LogP contribution is -2.11. The summed E-state index contributed by atoms with van der Waals surface area (Å²) in [6, 6.07) is 21.7. The SMILES string of the molecule is COc1cccc(C(=O)Nc2ccc(Nc3cccc(C(C)=O)c3)cc2)c1. The van der Waals surface area contributed by atoms with Crippen LogP contribution in [-0.4, -0.2) is 18.8 Å². The number of hydrogen-bond donors (Lipinski definition) is 2. The Labute approximate surface area is 158 Å². The van der Waals surface area contributed by atoms with E-state index in [-0.39, 0.29) is 11.7 Å². The lowest BCUT2D eigenvalue weighted by Gasteiger charge is -2.10. The van der Waals surface area contributed by atoms with Gasteiger partial charge in [0.25, 0.3) is 5.91 Å². The summed E-state index contributed by atoms with van der Waals surface area (Å²) in [5.74, 6) is 0.452. The van der Waals surface area contributed by atoms with E-state index in [1.165, 1.54) is 0 Å². The van der Waals surface area contributed by atoms with Gasteiger partial charge in [0.15, 0.2) is 5.78 Å². The van der Waals surface area contributed by atoms with E-state index in [0.29, 0.717) is 22.6 Å². The first-order valence-corrected chi connectivity index (χ1v) is 8.48. The molecule has 0 fully saturated rings. The number of methoxy groups -OCH3 is 1. The first-order valence-electron chi connectivity index (χ1n) is 8.48. The van der Waals surface area contributed by atoms with Crippen molar-refractivity contribution >= 4 is 28.8 Å². The van der Waals surface area contributed by atoms with Crippen LogP contribution in [0.5, 0.6) is 5.75 Å². The van der Waals surface area contributed by atoms with E-state index in [1.54, 1.807) is 50.4 Å². The average molecular weight is 360 g/mol. The van der Waals surface area contributed by atoms with Crippen LogP contribution in [0.1, 0.15) is 27.6 Å². The van der Waals surface area contributed by atoms with Crippen molar-refractivity contribution in [1.82, 2.24) is 0 Å². The van der Waals surface area contributed by atoms with Crippen LogP contribution in [0.15, 0.2) is 72.8 Å². The molecule has 1 amide bonds. The monoisotopic (exact) mass is 360 g/mol. The molecule has 0 radical (unpaired) electrons. The average Bonchev–Trinajstić information content (AvgIpc) is 2.69. The van der Waals surface area contributed by atoms with E-state index in [1.807, 2.05) is 36.4 Å². The Morgan fingerprint density at radius 3 is 2.15 bits per heavy atom. The third-order valence-corrected chi connectivity index (χ3v) is 4.03. The van der Waals surface area contributed by atoms with Crippen molar-refractivity contribution in [1.29, 1.82) is 0 Å². The number of carbonyl (C=O) groups is 2. The molecular weight excluding hydrogens is 340 g/mol. The predicted octanol–water partition coefficient (Wildman–Crippen LogP) is 4.89. The number of ether oxygens (including phenoxy) is 1.